The summed E-state index contributed by atoms with van der Waals surface area (Å²) in [5.41, 5.74) is 1.73. The fourth-order valence-corrected chi connectivity index (χ4v) is 4.78. The van der Waals surface area contributed by atoms with Crippen LogP contribution in [0.1, 0.15) is 5.56 Å². The van der Waals surface area contributed by atoms with Gasteiger partial charge in [0, 0.05) is 46.0 Å². The van der Waals surface area contributed by atoms with Crippen LogP contribution in [0.4, 0.5) is 11.6 Å². The van der Waals surface area contributed by atoms with E-state index in [2.05, 4.69) is 15.1 Å². The first-order valence-electron chi connectivity index (χ1n) is 12.5. The molecule has 2 aromatic carbocycles. The molecule has 11 nitrogen and oxygen atoms in total. The molecule has 1 N–H and O–H groups in total. The summed E-state index contributed by atoms with van der Waals surface area (Å²) in [6.07, 6.45) is 0. The molecule has 2 aromatic heterocycles. The van der Waals surface area contributed by atoms with Crippen LogP contribution in [-0.4, -0.2) is 69.3 Å². The summed E-state index contributed by atoms with van der Waals surface area (Å²) in [6.45, 7) is 3.29. The Kier molecular flexibility index (Phi) is 7.01. The van der Waals surface area contributed by atoms with Crippen molar-refractivity contribution in [3.8, 4) is 5.75 Å². The second-order valence-corrected chi connectivity index (χ2v) is 9.40. The Hall–Kier alpha value is -4.38. The smallest absolute Gasteiger partial charge is 0.332 e. The first kappa shape index (κ1) is 25.3. The van der Waals surface area contributed by atoms with E-state index in [1.807, 2.05) is 47.0 Å². The van der Waals surface area contributed by atoms with Crippen LogP contribution in [0.15, 0.2) is 64.2 Å². The van der Waals surface area contributed by atoms with Crippen LogP contribution in [0.2, 0.25) is 0 Å². The van der Waals surface area contributed by atoms with Gasteiger partial charge in [-0.05, 0) is 29.8 Å². The molecule has 0 saturated carbocycles. The van der Waals surface area contributed by atoms with Crippen molar-refractivity contribution in [2.45, 2.75) is 6.54 Å². The summed E-state index contributed by atoms with van der Waals surface area (Å²) in [4.78, 5) is 47.4. The highest BCUT2D eigenvalue weighted by Gasteiger charge is 2.26. The maximum absolute atomic E-state index is 13.2. The molecule has 0 unspecified atom stereocenters. The zero-order valence-electron chi connectivity index (χ0n) is 21.8. The lowest BCUT2D eigenvalue weighted by molar-refractivity contribution is -0.117. The molecule has 0 bridgehead atoms. The molecule has 1 saturated heterocycles. The number of hydrogen-bond acceptors (Lipinski definition) is 7. The molecule has 11 heteroatoms. The molecule has 38 heavy (non-hydrogen) atoms. The van der Waals surface area contributed by atoms with Gasteiger partial charge in [0.1, 0.15) is 5.75 Å². The third-order valence-electron chi connectivity index (χ3n) is 6.91. The van der Waals surface area contributed by atoms with Gasteiger partial charge in [0.25, 0.3) is 5.56 Å². The second-order valence-electron chi connectivity index (χ2n) is 9.40. The summed E-state index contributed by atoms with van der Waals surface area (Å²) >= 11 is 0. The topological polar surface area (TPSA) is 107 Å². The average molecular weight is 518 g/mol. The summed E-state index contributed by atoms with van der Waals surface area (Å²) in [7, 11) is 4.72. The fraction of sp³-hybridized carbons (Fsp3) is 0.333. The number of carbonyl (C=O) groups excluding carboxylic acids is 1. The molecule has 3 heterocycles. The molecular weight excluding hydrogens is 486 g/mol. The normalized spacial score (nSPS) is 14.1. The van der Waals surface area contributed by atoms with E-state index in [0.29, 0.717) is 49.8 Å². The molecule has 1 aliphatic rings. The number of amides is 1. The largest absolute Gasteiger partial charge is 0.497 e. The molecule has 5 rings (SSSR count). The Morgan fingerprint density at radius 3 is 2.29 bits per heavy atom. The summed E-state index contributed by atoms with van der Waals surface area (Å²) in [5.74, 6) is 1.29. The maximum Gasteiger partial charge on any atom is 0.332 e. The second kappa shape index (κ2) is 10.5. The van der Waals surface area contributed by atoms with E-state index in [4.69, 9.17) is 9.72 Å². The van der Waals surface area contributed by atoms with Crippen molar-refractivity contribution < 1.29 is 9.53 Å². The van der Waals surface area contributed by atoms with Crippen LogP contribution >= 0.6 is 0 Å². The standard InChI is InChI=1S/C27H31N7O4/c1-30-24-23(25(36)31(2)27(30)37)34(17-19-7-5-4-6-8-19)26(29-24)33-15-13-32(14-16-33)18-22(35)28-20-9-11-21(38-3)12-10-20/h4-12H,13-18H2,1-3H3,(H,28,35). The number of carbonyl (C=O) groups is 1. The number of imidazole rings is 1. The van der Waals surface area contributed by atoms with E-state index >= 15 is 0 Å². The van der Waals surface area contributed by atoms with E-state index in [1.54, 1.807) is 26.3 Å². The summed E-state index contributed by atoms with van der Waals surface area (Å²) in [6, 6.07) is 17.1. The molecule has 1 fully saturated rings. The molecule has 4 aromatic rings. The minimum Gasteiger partial charge on any atom is -0.497 e. The molecule has 0 atom stereocenters. The SMILES string of the molecule is COc1ccc(NC(=O)CN2CCN(c3nc4c(c(=O)n(C)c(=O)n4C)n3Cc3ccccc3)CC2)cc1. The lowest BCUT2D eigenvalue weighted by atomic mass is 10.2. The Morgan fingerprint density at radius 2 is 1.63 bits per heavy atom. The van der Waals surface area contributed by atoms with Gasteiger partial charge >= 0.3 is 5.69 Å². The third kappa shape index (κ3) is 4.92. The van der Waals surface area contributed by atoms with Gasteiger partial charge in [-0.3, -0.25) is 28.2 Å². The van der Waals surface area contributed by atoms with Gasteiger partial charge in [0.05, 0.1) is 20.2 Å². The monoisotopic (exact) mass is 517 g/mol. The van der Waals surface area contributed by atoms with E-state index in [-0.39, 0.29) is 18.0 Å². The van der Waals surface area contributed by atoms with Gasteiger partial charge in [-0.25, -0.2) is 4.79 Å². The molecule has 0 aliphatic carbocycles. The Balaban J connectivity index is 1.35. The van der Waals surface area contributed by atoms with E-state index in [9.17, 15) is 14.4 Å². The highest BCUT2D eigenvalue weighted by molar-refractivity contribution is 5.92. The van der Waals surface area contributed by atoms with E-state index in [0.717, 1.165) is 21.6 Å². The highest BCUT2D eigenvalue weighted by Crippen LogP contribution is 2.23. The number of ether oxygens (including phenoxy) is 1. The van der Waals surface area contributed by atoms with Crippen molar-refractivity contribution in [2.24, 2.45) is 14.1 Å². The number of hydrogen-bond donors (Lipinski definition) is 1. The number of benzene rings is 2. The number of nitrogens with zero attached hydrogens (tertiary/aromatic N) is 6. The predicted molar refractivity (Wildman–Crippen MR) is 146 cm³/mol. The van der Waals surface area contributed by atoms with Gasteiger partial charge < -0.3 is 15.0 Å². The number of rotatable bonds is 7. The molecule has 198 valence electrons. The maximum atomic E-state index is 13.2. The number of nitrogens with one attached hydrogen (secondary N) is 1. The van der Waals surface area contributed by atoms with Gasteiger partial charge in [-0.15, -0.1) is 0 Å². The lowest BCUT2D eigenvalue weighted by Crippen LogP contribution is -2.49. The number of aryl methyl sites for hydroxylation is 1. The predicted octanol–water partition coefficient (Wildman–Crippen LogP) is 1.25. The van der Waals surface area contributed by atoms with Crippen molar-refractivity contribution in [1.82, 2.24) is 23.6 Å². The first-order chi connectivity index (χ1) is 18.4. The Morgan fingerprint density at radius 1 is 0.947 bits per heavy atom. The number of piperazine rings is 1. The Labute approximate surface area is 219 Å². The Bertz CT molecular complexity index is 1560. The van der Waals surface area contributed by atoms with Crippen molar-refractivity contribution in [3.63, 3.8) is 0 Å². The third-order valence-corrected chi connectivity index (χ3v) is 6.91. The van der Waals surface area contributed by atoms with Crippen molar-refractivity contribution >= 4 is 28.7 Å². The minimum atomic E-state index is -0.411. The number of aromatic nitrogens is 4. The minimum absolute atomic E-state index is 0.0848. The van der Waals surface area contributed by atoms with Crippen LogP contribution in [0.5, 0.6) is 5.75 Å². The zero-order chi connectivity index (χ0) is 26.8. The summed E-state index contributed by atoms with van der Waals surface area (Å²) < 4.78 is 9.60. The van der Waals surface area contributed by atoms with Gasteiger partial charge in [0.2, 0.25) is 11.9 Å². The molecular formula is C27H31N7O4. The van der Waals surface area contributed by atoms with Crippen molar-refractivity contribution in [2.75, 3.05) is 50.1 Å². The van der Waals surface area contributed by atoms with Crippen LogP contribution in [0, 0.1) is 0 Å². The van der Waals surface area contributed by atoms with Crippen LogP contribution in [0.3, 0.4) is 0 Å². The molecule has 0 spiro atoms. The number of fused-ring (bicyclic) bond motifs is 1. The fourth-order valence-electron chi connectivity index (χ4n) is 4.78. The molecule has 1 amide bonds. The van der Waals surface area contributed by atoms with Gasteiger partial charge in [-0.1, -0.05) is 30.3 Å². The van der Waals surface area contributed by atoms with E-state index < -0.39 is 5.69 Å². The number of methoxy groups -OCH3 is 1. The average Bonchev–Trinajstić information content (AvgIpc) is 3.31. The van der Waals surface area contributed by atoms with E-state index in [1.165, 1.54) is 11.6 Å². The highest BCUT2D eigenvalue weighted by atomic mass is 16.5. The van der Waals surface area contributed by atoms with Crippen LogP contribution in [-0.2, 0) is 25.4 Å². The van der Waals surface area contributed by atoms with Crippen molar-refractivity contribution in [3.05, 3.63) is 81.0 Å². The van der Waals surface area contributed by atoms with Crippen molar-refractivity contribution in [1.29, 1.82) is 0 Å². The molecule has 1 aliphatic heterocycles. The molecule has 0 radical (unpaired) electrons. The quantitative estimate of drug-likeness (QED) is 0.393. The van der Waals surface area contributed by atoms with Gasteiger partial charge in [0.15, 0.2) is 11.2 Å². The number of anilines is 2. The van der Waals surface area contributed by atoms with Crippen LogP contribution in [0.25, 0.3) is 11.2 Å². The lowest BCUT2D eigenvalue weighted by Gasteiger charge is -2.35. The zero-order valence-corrected chi connectivity index (χ0v) is 21.8. The van der Waals surface area contributed by atoms with Crippen LogP contribution < -0.4 is 26.2 Å². The first-order valence-corrected chi connectivity index (χ1v) is 12.5. The summed E-state index contributed by atoms with van der Waals surface area (Å²) in [5, 5.41) is 2.92. The van der Waals surface area contributed by atoms with Gasteiger partial charge in [-0.2, -0.15) is 4.98 Å².